The molecular formula is C18H16N4O2S. The third kappa shape index (κ3) is 2.98. The summed E-state index contributed by atoms with van der Waals surface area (Å²) < 4.78 is 6.83. The number of hydrogen-bond donors (Lipinski definition) is 0. The van der Waals surface area contributed by atoms with E-state index in [0.717, 1.165) is 27.3 Å². The highest BCUT2D eigenvalue weighted by Crippen LogP contribution is 2.21. The van der Waals surface area contributed by atoms with Gasteiger partial charge < -0.3 is 4.52 Å². The monoisotopic (exact) mass is 352 g/mol. The summed E-state index contributed by atoms with van der Waals surface area (Å²) in [7, 11) is 0. The van der Waals surface area contributed by atoms with Gasteiger partial charge in [0.2, 0.25) is 0 Å². The number of benzene rings is 1. The van der Waals surface area contributed by atoms with Crippen molar-refractivity contribution in [1.82, 2.24) is 19.7 Å². The molecule has 6 nitrogen and oxygen atoms in total. The summed E-state index contributed by atoms with van der Waals surface area (Å²) in [5.41, 5.74) is 1.94. The second-order valence-electron chi connectivity index (χ2n) is 5.84. The zero-order chi connectivity index (χ0) is 17.4. The second-order valence-corrected chi connectivity index (χ2v) is 6.96. The van der Waals surface area contributed by atoms with Crippen LogP contribution in [0, 0.1) is 6.92 Å². The van der Waals surface area contributed by atoms with Gasteiger partial charge in [0.15, 0.2) is 5.82 Å². The molecule has 0 radical (unpaired) electrons. The molecule has 7 heteroatoms. The molecule has 0 fully saturated rings. The van der Waals surface area contributed by atoms with Crippen molar-refractivity contribution in [2.45, 2.75) is 26.8 Å². The zero-order valence-corrected chi connectivity index (χ0v) is 14.7. The van der Waals surface area contributed by atoms with Gasteiger partial charge in [-0.15, -0.1) is 11.3 Å². The largest absolute Gasteiger partial charge is 0.334 e. The van der Waals surface area contributed by atoms with Crippen LogP contribution in [-0.2, 0) is 13.0 Å². The normalized spacial score (nSPS) is 11.3. The van der Waals surface area contributed by atoms with E-state index in [9.17, 15) is 4.79 Å². The highest BCUT2D eigenvalue weighted by Gasteiger charge is 2.12. The van der Waals surface area contributed by atoms with Crippen molar-refractivity contribution >= 4 is 21.6 Å². The number of fused-ring (bicyclic) bond motifs is 1. The highest BCUT2D eigenvalue weighted by atomic mass is 32.1. The van der Waals surface area contributed by atoms with E-state index in [1.807, 2.05) is 37.3 Å². The van der Waals surface area contributed by atoms with E-state index >= 15 is 0 Å². The first-order valence-corrected chi connectivity index (χ1v) is 8.83. The molecule has 0 amide bonds. The lowest BCUT2D eigenvalue weighted by Crippen LogP contribution is -2.21. The number of thiophene rings is 1. The summed E-state index contributed by atoms with van der Waals surface area (Å²) >= 11 is 1.55. The van der Waals surface area contributed by atoms with Crippen molar-refractivity contribution < 1.29 is 4.52 Å². The standard InChI is InChI=1S/C18H16N4O2S/c1-3-13-8-14-17(25-13)19-10-22(18(14)23)9-15-20-16(24-21-15)12-6-4-11(2)5-7-12/h4-8,10H,3,9H2,1-2H3. The van der Waals surface area contributed by atoms with Gasteiger partial charge in [-0.25, -0.2) is 4.98 Å². The quantitative estimate of drug-likeness (QED) is 0.562. The van der Waals surface area contributed by atoms with Gasteiger partial charge in [-0.1, -0.05) is 29.8 Å². The van der Waals surface area contributed by atoms with Gasteiger partial charge in [-0.2, -0.15) is 4.98 Å². The first-order chi connectivity index (χ1) is 12.1. The van der Waals surface area contributed by atoms with Crippen LogP contribution in [-0.4, -0.2) is 19.7 Å². The summed E-state index contributed by atoms with van der Waals surface area (Å²) in [6.07, 6.45) is 2.44. The minimum absolute atomic E-state index is 0.0809. The van der Waals surface area contributed by atoms with Gasteiger partial charge in [0.05, 0.1) is 18.3 Å². The van der Waals surface area contributed by atoms with Gasteiger partial charge in [0.25, 0.3) is 11.4 Å². The van der Waals surface area contributed by atoms with Crippen LogP contribution in [0.3, 0.4) is 0 Å². The maximum Gasteiger partial charge on any atom is 0.262 e. The summed E-state index contributed by atoms with van der Waals surface area (Å²) in [6.45, 7) is 4.32. The van der Waals surface area contributed by atoms with E-state index in [4.69, 9.17) is 4.52 Å². The molecule has 1 aromatic carbocycles. The predicted molar refractivity (Wildman–Crippen MR) is 96.8 cm³/mol. The molecule has 0 aliphatic heterocycles. The van der Waals surface area contributed by atoms with E-state index in [2.05, 4.69) is 22.0 Å². The molecule has 0 aliphatic rings. The van der Waals surface area contributed by atoms with E-state index in [1.54, 1.807) is 17.7 Å². The van der Waals surface area contributed by atoms with Crippen LogP contribution < -0.4 is 5.56 Å². The van der Waals surface area contributed by atoms with E-state index < -0.39 is 0 Å². The minimum atomic E-state index is -0.0809. The lowest BCUT2D eigenvalue weighted by atomic mass is 10.1. The van der Waals surface area contributed by atoms with Crippen LogP contribution in [0.15, 0.2) is 46.0 Å². The Morgan fingerprint density at radius 3 is 2.80 bits per heavy atom. The SMILES string of the molecule is CCc1cc2c(=O)n(Cc3noc(-c4ccc(C)cc4)n3)cnc2s1. The highest BCUT2D eigenvalue weighted by molar-refractivity contribution is 7.18. The Kier molecular flexibility index (Phi) is 3.93. The molecule has 126 valence electrons. The van der Waals surface area contributed by atoms with E-state index in [-0.39, 0.29) is 12.1 Å². The third-order valence-corrected chi connectivity index (χ3v) is 5.18. The van der Waals surface area contributed by atoms with Crippen molar-refractivity contribution in [3.05, 3.63) is 63.3 Å². The lowest BCUT2D eigenvalue weighted by Gasteiger charge is -2.00. The van der Waals surface area contributed by atoms with Gasteiger partial charge >= 0.3 is 0 Å². The molecule has 0 aliphatic carbocycles. The molecule has 0 N–H and O–H groups in total. The van der Waals surface area contributed by atoms with E-state index in [1.165, 1.54) is 4.57 Å². The average molecular weight is 352 g/mol. The second kappa shape index (κ2) is 6.25. The minimum Gasteiger partial charge on any atom is -0.334 e. The summed E-state index contributed by atoms with van der Waals surface area (Å²) in [6, 6.07) is 9.76. The van der Waals surface area contributed by atoms with Gasteiger partial charge in [-0.05, 0) is 31.5 Å². The Labute approximate surface area is 147 Å². The van der Waals surface area contributed by atoms with Crippen LogP contribution in [0.2, 0.25) is 0 Å². The third-order valence-electron chi connectivity index (χ3n) is 4.00. The first kappa shape index (κ1) is 15.7. The van der Waals surface area contributed by atoms with Crippen molar-refractivity contribution in [2.24, 2.45) is 0 Å². The van der Waals surface area contributed by atoms with Crippen molar-refractivity contribution in [3.63, 3.8) is 0 Å². The topological polar surface area (TPSA) is 73.8 Å². The maximum atomic E-state index is 12.6. The molecule has 0 saturated heterocycles. The van der Waals surface area contributed by atoms with Crippen molar-refractivity contribution in [2.75, 3.05) is 0 Å². The fourth-order valence-electron chi connectivity index (χ4n) is 2.58. The molecule has 3 heterocycles. The molecule has 25 heavy (non-hydrogen) atoms. The van der Waals surface area contributed by atoms with Crippen LogP contribution in [0.25, 0.3) is 21.7 Å². The summed E-state index contributed by atoms with van der Waals surface area (Å²) in [5.74, 6) is 0.894. The Morgan fingerprint density at radius 1 is 1.24 bits per heavy atom. The fraction of sp³-hybridized carbons (Fsp3) is 0.222. The molecule has 0 bridgehead atoms. The number of aryl methyl sites for hydroxylation is 2. The van der Waals surface area contributed by atoms with Crippen LogP contribution in [0.4, 0.5) is 0 Å². The molecule has 4 aromatic rings. The molecule has 3 aromatic heterocycles. The Morgan fingerprint density at radius 2 is 2.04 bits per heavy atom. The maximum absolute atomic E-state index is 12.6. The summed E-state index contributed by atoms with van der Waals surface area (Å²) in [5, 5.41) is 4.63. The number of hydrogen-bond acceptors (Lipinski definition) is 6. The fourth-order valence-corrected chi connectivity index (χ4v) is 3.51. The van der Waals surface area contributed by atoms with Crippen LogP contribution >= 0.6 is 11.3 Å². The number of aromatic nitrogens is 4. The van der Waals surface area contributed by atoms with Gasteiger partial charge in [0, 0.05) is 10.4 Å². The predicted octanol–water partition coefficient (Wildman–Crippen LogP) is 3.43. The van der Waals surface area contributed by atoms with Crippen molar-refractivity contribution in [3.8, 4) is 11.5 Å². The average Bonchev–Trinajstić information content (AvgIpc) is 3.25. The summed E-state index contributed by atoms with van der Waals surface area (Å²) in [4.78, 5) is 23.3. The molecule has 0 atom stereocenters. The number of nitrogens with zero attached hydrogens (tertiary/aromatic N) is 4. The lowest BCUT2D eigenvalue weighted by molar-refractivity contribution is 0.420. The molecule has 0 spiro atoms. The van der Waals surface area contributed by atoms with Gasteiger partial charge in [-0.3, -0.25) is 9.36 Å². The van der Waals surface area contributed by atoms with E-state index in [0.29, 0.717) is 17.1 Å². The van der Waals surface area contributed by atoms with Gasteiger partial charge in [0.1, 0.15) is 4.83 Å². The Hall–Kier alpha value is -2.80. The van der Waals surface area contributed by atoms with Crippen LogP contribution in [0.1, 0.15) is 23.2 Å². The Bertz CT molecular complexity index is 1090. The zero-order valence-electron chi connectivity index (χ0n) is 13.9. The Balaban J connectivity index is 1.64. The molecule has 4 rings (SSSR count). The number of rotatable bonds is 4. The smallest absolute Gasteiger partial charge is 0.262 e. The molecule has 0 unspecified atom stereocenters. The van der Waals surface area contributed by atoms with Crippen LogP contribution in [0.5, 0.6) is 0 Å². The first-order valence-electron chi connectivity index (χ1n) is 8.01. The molecule has 0 saturated carbocycles. The van der Waals surface area contributed by atoms with Crippen molar-refractivity contribution in [1.29, 1.82) is 0 Å². The molecular weight excluding hydrogens is 336 g/mol.